The molecule has 1 fully saturated rings. The molecule has 0 amide bonds. The van der Waals surface area contributed by atoms with Crippen molar-refractivity contribution < 1.29 is 4.74 Å². The van der Waals surface area contributed by atoms with Crippen molar-refractivity contribution in [3.05, 3.63) is 0 Å². The topological polar surface area (TPSA) is 27.7 Å². The van der Waals surface area contributed by atoms with E-state index in [1.807, 2.05) is 0 Å². The number of morpholine rings is 1. The van der Waals surface area contributed by atoms with Crippen LogP contribution in [0.4, 0.5) is 0 Å². The lowest BCUT2D eigenvalue weighted by Gasteiger charge is -2.34. The Morgan fingerprint density at radius 3 is 2.70 bits per heavy atom. The number of hydrogen-bond donors (Lipinski definition) is 1. The molecule has 0 aromatic rings. The Morgan fingerprint density at radius 2 is 2.05 bits per heavy atom. The lowest BCUT2D eigenvalue weighted by atomic mass is 10.2. The predicted molar refractivity (Wildman–Crippen MR) is 86.3 cm³/mol. The van der Waals surface area contributed by atoms with Crippen LogP contribution in [0.2, 0.25) is 0 Å². The fourth-order valence-electron chi connectivity index (χ4n) is 2.72. The summed E-state index contributed by atoms with van der Waals surface area (Å²) in [5, 5.41) is 3.47. The first-order chi connectivity index (χ1) is 9.47. The highest BCUT2D eigenvalue weighted by Gasteiger charge is 2.20. The van der Waals surface area contributed by atoms with Crippen LogP contribution >= 0.6 is 0 Å². The molecule has 20 heavy (non-hydrogen) atoms. The molecule has 1 rings (SSSR count). The normalized spacial score (nSPS) is 21.3. The Bertz CT molecular complexity index is 246. The van der Waals surface area contributed by atoms with Gasteiger partial charge in [0.15, 0.2) is 0 Å². The van der Waals surface area contributed by atoms with E-state index in [0.29, 0.717) is 12.1 Å². The predicted octanol–water partition coefficient (Wildman–Crippen LogP) is 1.66. The summed E-state index contributed by atoms with van der Waals surface area (Å²) in [6.45, 7) is 16.6. The van der Waals surface area contributed by atoms with Crippen LogP contribution in [0.15, 0.2) is 0 Å². The van der Waals surface area contributed by atoms with Crippen molar-refractivity contribution in [2.75, 3.05) is 52.9 Å². The van der Waals surface area contributed by atoms with Gasteiger partial charge in [-0.15, -0.1) is 0 Å². The fourth-order valence-corrected chi connectivity index (χ4v) is 2.72. The smallest absolute Gasteiger partial charge is 0.0714 e. The van der Waals surface area contributed by atoms with Gasteiger partial charge in [0.1, 0.15) is 0 Å². The first kappa shape index (κ1) is 17.9. The molecule has 120 valence electrons. The van der Waals surface area contributed by atoms with E-state index in [1.165, 1.54) is 13.1 Å². The van der Waals surface area contributed by atoms with E-state index in [1.54, 1.807) is 0 Å². The van der Waals surface area contributed by atoms with Crippen LogP contribution in [0.3, 0.4) is 0 Å². The summed E-state index contributed by atoms with van der Waals surface area (Å²) >= 11 is 0. The van der Waals surface area contributed by atoms with E-state index in [-0.39, 0.29) is 0 Å². The van der Waals surface area contributed by atoms with E-state index in [9.17, 15) is 0 Å². The van der Waals surface area contributed by atoms with Gasteiger partial charge in [0.2, 0.25) is 0 Å². The van der Waals surface area contributed by atoms with Crippen molar-refractivity contribution >= 4 is 0 Å². The molecule has 0 aromatic carbocycles. The molecule has 0 saturated carbocycles. The molecule has 4 nitrogen and oxygen atoms in total. The van der Waals surface area contributed by atoms with Gasteiger partial charge in [-0.05, 0) is 25.9 Å². The molecule has 0 spiro atoms. The second-order valence-corrected chi connectivity index (χ2v) is 6.85. The van der Waals surface area contributed by atoms with E-state index < -0.39 is 0 Å². The van der Waals surface area contributed by atoms with Crippen molar-refractivity contribution in [1.29, 1.82) is 0 Å². The molecular formula is C16H35N3O. The number of nitrogens with zero attached hydrogens (tertiary/aromatic N) is 2. The van der Waals surface area contributed by atoms with Gasteiger partial charge < -0.3 is 15.0 Å². The number of nitrogens with one attached hydrogen (secondary N) is 1. The van der Waals surface area contributed by atoms with Crippen LogP contribution in [0.1, 0.15) is 34.1 Å². The van der Waals surface area contributed by atoms with Gasteiger partial charge in [0.25, 0.3) is 0 Å². The fraction of sp³-hybridized carbons (Fsp3) is 1.00. The molecule has 1 aliphatic heterocycles. The number of hydrogen-bond acceptors (Lipinski definition) is 4. The van der Waals surface area contributed by atoms with Crippen molar-refractivity contribution in [3.8, 4) is 0 Å². The zero-order chi connectivity index (χ0) is 15.0. The Morgan fingerprint density at radius 1 is 1.30 bits per heavy atom. The van der Waals surface area contributed by atoms with Crippen LogP contribution in [-0.2, 0) is 4.74 Å². The molecule has 1 saturated heterocycles. The Balaban J connectivity index is 2.16. The quantitative estimate of drug-likeness (QED) is 0.697. The van der Waals surface area contributed by atoms with Crippen LogP contribution in [-0.4, -0.2) is 74.9 Å². The first-order valence-corrected chi connectivity index (χ1v) is 8.23. The largest absolute Gasteiger partial charge is 0.376 e. The summed E-state index contributed by atoms with van der Waals surface area (Å²) in [5.74, 6) is 0.750. The van der Waals surface area contributed by atoms with E-state index in [2.05, 4.69) is 49.9 Å². The number of ether oxygens (including phenoxy) is 1. The Labute approximate surface area is 125 Å². The van der Waals surface area contributed by atoms with E-state index >= 15 is 0 Å². The highest BCUT2D eigenvalue weighted by atomic mass is 16.5. The monoisotopic (exact) mass is 285 g/mol. The first-order valence-electron chi connectivity index (χ1n) is 8.23. The maximum atomic E-state index is 5.87. The van der Waals surface area contributed by atoms with E-state index in [0.717, 1.165) is 45.1 Å². The summed E-state index contributed by atoms with van der Waals surface area (Å²) in [6.07, 6.45) is 1.53. The van der Waals surface area contributed by atoms with Gasteiger partial charge in [-0.2, -0.15) is 0 Å². The highest BCUT2D eigenvalue weighted by molar-refractivity contribution is 4.73. The van der Waals surface area contributed by atoms with Crippen LogP contribution in [0.25, 0.3) is 0 Å². The third-order valence-corrected chi connectivity index (χ3v) is 3.72. The average molecular weight is 285 g/mol. The number of likely N-dealkylation sites (N-methyl/N-ethyl adjacent to an activating group) is 1. The molecular weight excluding hydrogens is 250 g/mol. The molecule has 1 aliphatic rings. The zero-order valence-corrected chi connectivity index (χ0v) is 14.2. The molecule has 0 unspecified atom stereocenters. The lowest BCUT2D eigenvalue weighted by Crippen LogP contribution is -2.46. The summed E-state index contributed by atoms with van der Waals surface area (Å²) in [7, 11) is 2.23. The van der Waals surface area contributed by atoms with Crippen molar-refractivity contribution in [2.45, 2.75) is 46.3 Å². The summed E-state index contributed by atoms with van der Waals surface area (Å²) in [4.78, 5) is 5.00. The molecule has 0 radical (unpaired) electrons. The molecule has 1 N–H and O–H groups in total. The molecule has 1 atom stereocenters. The maximum Gasteiger partial charge on any atom is 0.0714 e. The second kappa shape index (κ2) is 9.72. The van der Waals surface area contributed by atoms with Crippen LogP contribution in [0, 0.1) is 5.92 Å². The third kappa shape index (κ3) is 8.20. The zero-order valence-electron chi connectivity index (χ0n) is 14.2. The molecule has 0 aromatic heterocycles. The molecule has 4 heteroatoms. The molecule has 1 heterocycles. The van der Waals surface area contributed by atoms with Crippen molar-refractivity contribution in [1.82, 2.24) is 15.1 Å². The molecule has 0 aliphatic carbocycles. The number of rotatable bonds is 9. The average Bonchev–Trinajstić information content (AvgIpc) is 2.36. The van der Waals surface area contributed by atoms with E-state index in [4.69, 9.17) is 4.74 Å². The second-order valence-electron chi connectivity index (χ2n) is 6.85. The maximum absolute atomic E-state index is 5.87. The minimum Gasteiger partial charge on any atom is -0.376 e. The van der Waals surface area contributed by atoms with Crippen molar-refractivity contribution in [2.24, 2.45) is 5.92 Å². The Kier molecular flexibility index (Phi) is 8.69. The Hall–Kier alpha value is -0.160. The van der Waals surface area contributed by atoms with Gasteiger partial charge in [0, 0.05) is 38.8 Å². The van der Waals surface area contributed by atoms with Gasteiger partial charge >= 0.3 is 0 Å². The highest BCUT2D eigenvalue weighted by Crippen LogP contribution is 2.08. The van der Waals surface area contributed by atoms with Gasteiger partial charge in [-0.1, -0.05) is 27.7 Å². The lowest BCUT2D eigenvalue weighted by molar-refractivity contribution is -0.0334. The van der Waals surface area contributed by atoms with Gasteiger partial charge in [-0.3, -0.25) is 4.90 Å². The summed E-state index contributed by atoms with van der Waals surface area (Å²) in [6, 6.07) is 0.569. The minimum absolute atomic E-state index is 0.408. The van der Waals surface area contributed by atoms with Crippen LogP contribution in [0.5, 0.6) is 0 Å². The summed E-state index contributed by atoms with van der Waals surface area (Å²) < 4.78 is 5.87. The summed E-state index contributed by atoms with van der Waals surface area (Å²) in [5.41, 5.74) is 0. The van der Waals surface area contributed by atoms with Crippen molar-refractivity contribution in [3.63, 3.8) is 0 Å². The minimum atomic E-state index is 0.408. The van der Waals surface area contributed by atoms with Crippen LogP contribution < -0.4 is 5.32 Å². The third-order valence-electron chi connectivity index (χ3n) is 3.72. The standard InChI is InChI=1S/C16H35N3O/c1-14(2)12-18(5)8-9-19-10-11-20-16(13-19)6-7-17-15(3)4/h14-17H,6-13H2,1-5H3/t16-/m1/s1. The van der Waals surface area contributed by atoms with Gasteiger partial charge in [0.05, 0.1) is 12.7 Å². The SMILES string of the molecule is CC(C)CN(C)CCN1CCO[C@H](CCNC(C)C)C1. The molecule has 0 bridgehead atoms. The van der Waals surface area contributed by atoms with Gasteiger partial charge in [-0.25, -0.2) is 0 Å².